The number of morpholine rings is 1. The van der Waals surface area contributed by atoms with Crippen molar-refractivity contribution < 1.29 is 23.1 Å². The predicted octanol–water partition coefficient (Wildman–Crippen LogP) is 2.30. The smallest absolute Gasteiger partial charge is 0.242 e. The summed E-state index contributed by atoms with van der Waals surface area (Å²) in [6, 6.07) is 9.51. The molecule has 16 nitrogen and oxygen atoms in total. The molecule has 2 fully saturated rings. The lowest BCUT2D eigenvalue weighted by Crippen LogP contribution is -2.54. The molecule has 0 spiro atoms. The molecule has 55 heavy (non-hydrogen) atoms. The lowest BCUT2D eigenvalue weighted by molar-refractivity contribution is -0.132. The van der Waals surface area contributed by atoms with Crippen LogP contribution in [0.15, 0.2) is 67.4 Å². The highest BCUT2D eigenvalue weighted by Gasteiger charge is 2.39. The summed E-state index contributed by atoms with van der Waals surface area (Å²) >= 11 is 0. The van der Waals surface area contributed by atoms with Crippen LogP contribution in [-0.4, -0.2) is 120 Å². The van der Waals surface area contributed by atoms with Gasteiger partial charge in [0.05, 0.1) is 36.9 Å². The van der Waals surface area contributed by atoms with Crippen molar-refractivity contribution in [2.45, 2.75) is 37.5 Å². The van der Waals surface area contributed by atoms with E-state index in [0.29, 0.717) is 93.8 Å². The minimum absolute atomic E-state index is 0.0244. The standard InChI is InChI=1S/C37H37F2N13O3/c38-22-5-6-29(27(39)15-22)52-35-25(17-45-52)34(43-21-44-35)51-18-23-16-30(51)36(53)41-8-2-9-42-37(54)31-20-55-14-13-49(31)11-12-50-19-26-24(3-1-4-28(26)48-50)33-40-10-7-32(46-23)47-33/h1,3-7,10,15,17,19,21,23,30-31H,2,8-9,11-14,16,18,20H2,(H,41,53)(H,42,54)(H,40,46,47)/t23-,30-,31-/m0/s1. The highest BCUT2D eigenvalue weighted by Crippen LogP contribution is 2.33. The molecule has 9 rings (SSSR count). The highest BCUT2D eigenvalue weighted by atomic mass is 19.1. The van der Waals surface area contributed by atoms with Gasteiger partial charge in [-0.1, -0.05) is 12.1 Å². The van der Waals surface area contributed by atoms with Crippen molar-refractivity contribution in [1.82, 2.24) is 55.0 Å². The Kier molecular flexibility index (Phi) is 9.19. The largest absolute Gasteiger partial charge is 0.378 e. The van der Waals surface area contributed by atoms with Gasteiger partial charge in [-0.2, -0.15) is 10.2 Å². The molecule has 7 heterocycles. The number of rotatable bonds is 2. The molecule has 282 valence electrons. The number of anilines is 2. The van der Waals surface area contributed by atoms with Crippen LogP contribution in [0.3, 0.4) is 0 Å². The molecule has 3 atom stereocenters. The molecular formula is C37H37F2N13O3. The molecular weight excluding hydrogens is 712 g/mol. The number of hydrogen-bond acceptors (Lipinski definition) is 12. The molecule has 0 unspecified atom stereocenters. The van der Waals surface area contributed by atoms with Crippen LogP contribution in [0.5, 0.6) is 0 Å². The Morgan fingerprint density at radius 1 is 0.909 bits per heavy atom. The third kappa shape index (κ3) is 6.78. The van der Waals surface area contributed by atoms with Gasteiger partial charge in [-0.3, -0.25) is 19.2 Å². The fourth-order valence-corrected chi connectivity index (χ4v) is 7.62. The van der Waals surface area contributed by atoms with Gasteiger partial charge < -0.3 is 25.6 Å². The number of nitrogens with one attached hydrogen (secondary N) is 3. The van der Waals surface area contributed by atoms with Crippen LogP contribution in [0.4, 0.5) is 20.4 Å². The van der Waals surface area contributed by atoms with Crippen LogP contribution in [0.25, 0.3) is 39.0 Å². The second kappa shape index (κ2) is 14.6. The van der Waals surface area contributed by atoms with E-state index >= 15 is 0 Å². The zero-order valence-electron chi connectivity index (χ0n) is 29.6. The Bertz CT molecular complexity index is 2400. The van der Waals surface area contributed by atoms with Crippen molar-refractivity contribution in [3.8, 4) is 17.1 Å². The monoisotopic (exact) mass is 749 g/mol. The second-order valence-corrected chi connectivity index (χ2v) is 13.8. The third-order valence-corrected chi connectivity index (χ3v) is 10.3. The molecule has 4 aromatic heterocycles. The van der Waals surface area contributed by atoms with E-state index in [1.54, 1.807) is 12.3 Å². The average Bonchev–Trinajstić information content (AvgIpc) is 3.94. The van der Waals surface area contributed by atoms with Gasteiger partial charge in [0.25, 0.3) is 0 Å². The molecule has 18 heteroatoms. The molecule has 6 bridgehead atoms. The normalized spacial score (nSPS) is 21.4. The number of carbonyl (C=O) groups is 2. The first kappa shape index (κ1) is 34.6. The van der Waals surface area contributed by atoms with Gasteiger partial charge in [-0.25, -0.2) is 33.4 Å². The average molecular weight is 750 g/mol. The van der Waals surface area contributed by atoms with Crippen molar-refractivity contribution >= 4 is 45.4 Å². The van der Waals surface area contributed by atoms with Crippen LogP contribution < -0.4 is 20.9 Å². The van der Waals surface area contributed by atoms with E-state index in [9.17, 15) is 18.4 Å². The first-order valence-corrected chi connectivity index (χ1v) is 18.2. The highest BCUT2D eigenvalue weighted by molar-refractivity contribution is 5.94. The van der Waals surface area contributed by atoms with Crippen molar-refractivity contribution in [3.63, 3.8) is 0 Å². The van der Waals surface area contributed by atoms with Gasteiger partial charge in [-0.15, -0.1) is 0 Å². The molecule has 0 radical (unpaired) electrons. The number of hydrogen-bond donors (Lipinski definition) is 3. The quantitative estimate of drug-likeness (QED) is 0.236. The van der Waals surface area contributed by atoms with Gasteiger partial charge >= 0.3 is 0 Å². The number of nitrogens with zero attached hydrogens (tertiary/aromatic N) is 10. The molecule has 3 N–H and O–H groups in total. The maximum atomic E-state index is 14.9. The summed E-state index contributed by atoms with van der Waals surface area (Å²) in [5.74, 6) is -0.307. The molecule has 2 aromatic carbocycles. The zero-order valence-corrected chi connectivity index (χ0v) is 29.6. The molecule has 3 aliphatic heterocycles. The van der Waals surface area contributed by atoms with Crippen molar-refractivity contribution in [2.75, 3.05) is 56.2 Å². The Morgan fingerprint density at radius 3 is 2.65 bits per heavy atom. The molecule has 0 saturated carbocycles. The van der Waals surface area contributed by atoms with E-state index in [1.807, 2.05) is 34.0 Å². The Labute approximate surface area is 312 Å². The van der Waals surface area contributed by atoms with E-state index in [2.05, 4.69) is 40.9 Å². The zero-order chi connectivity index (χ0) is 37.5. The number of halogens is 2. The summed E-state index contributed by atoms with van der Waals surface area (Å²) < 4.78 is 37.5. The van der Waals surface area contributed by atoms with Gasteiger partial charge in [0, 0.05) is 68.2 Å². The fourth-order valence-electron chi connectivity index (χ4n) is 7.62. The summed E-state index contributed by atoms with van der Waals surface area (Å²) in [4.78, 5) is 49.7. The number of ether oxygens (including phenoxy) is 1. The van der Waals surface area contributed by atoms with Crippen LogP contribution >= 0.6 is 0 Å². The summed E-state index contributed by atoms with van der Waals surface area (Å²) in [5.41, 5.74) is 1.94. The number of amides is 2. The van der Waals surface area contributed by atoms with E-state index in [0.717, 1.165) is 28.6 Å². The number of carbonyl (C=O) groups excluding carboxylic acids is 2. The maximum Gasteiger partial charge on any atom is 0.242 e. The molecule has 2 saturated heterocycles. The second-order valence-electron chi connectivity index (χ2n) is 13.8. The number of benzene rings is 2. The molecule has 2 amide bonds. The third-order valence-electron chi connectivity index (χ3n) is 10.3. The number of fused-ring (bicyclic) bond motifs is 8. The van der Waals surface area contributed by atoms with E-state index < -0.39 is 23.7 Å². The SMILES string of the molecule is O=C1NCCCNC(=O)[C@@H]2C[C@@H](CN2c2ncnc3c2cnn3-c2ccc(F)cc2F)Nc2ccnc(n2)-c2cccc3nn(cc23)CCN2CCOC[C@@H]12. The molecule has 3 aliphatic rings. The molecule has 6 aromatic rings. The minimum atomic E-state index is -0.796. The summed E-state index contributed by atoms with van der Waals surface area (Å²) in [7, 11) is 0. The van der Waals surface area contributed by atoms with Crippen LogP contribution in [-0.2, 0) is 20.9 Å². The van der Waals surface area contributed by atoms with E-state index in [4.69, 9.17) is 14.8 Å². The van der Waals surface area contributed by atoms with Gasteiger partial charge in [0.2, 0.25) is 11.8 Å². The van der Waals surface area contributed by atoms with Crippen molar-refractivity contribution in [3.05, 3.63) is 79.0 Å². The summed E-state index contributed by atoms with van der Waals surface area (Å²) in [6.07, 6.45) is 7.45. The fraction of sp³-hybridized carbons (Fsp3) is 0.351. The van der Waals surface area contributed by atoms with Gasteiger partial charge in [0.15, 0.2) is 17.3 Å². The lowest BCUT2D eigenvalue weighted by Gasteiger charge is -2.34. The Morgan fingerprint density at radius 2 is 1.78 bits per heavy atom. The minimum Gasteiger partial charge on any atom is -0.378 e. The first-order chi connectivity index (χ1) is 26.9. The van der Waals surface area contributed by atoms with Gasteiger partial charge in [0.1, 0.15) is 41.6 Å². The number of aromatic nitrogens is 8. The summed E-state index contributed by atoms with van der Waals surface area (Å²) in [6.45, 7) is 3.70. The maximum absolute atomic E-state index is 14.9. The van der Waals surface area contributed by atoms with E-state index in [1.165, 1.54) is 23.3 Å². The van der Waals surface area contributed by atoms with Gasteiger partial charge in [-0.05, 0) is 37.1 Å². The van der Waals surface area contributed by atoms with Crippen molar-refractivity contribution in [2.24, 2.45) is 0 Å². The first-order valence-electron chi connectivity index (χ1n) is 18.2. The lowest BCUT2D eigenvalue weighted by atomic mass is 10.1. The summed E-state index contributed by atoms with van der Waals surface area (Å²) in [5, 5.41) is 20.2. The Hall–Kier alpha value is -6.14. The van der Waals surface area contributed by atoms with Crippen LogP contribution in [0, 0.1) is 11.6 Å². The molecule has 0 aliphatic carbocycles. The van der Waals surface area contributed by atoms with Crippen LogP contribution in [0.1, 0.15) is 12.8 Å². The Balaban J connectivity index is 1.05. The van der Waals surface area contributed by atoms with Crippen LogP contribution in [0.2, 0.25) is 0 Å². The van der Waals surface area contributed by atoms with Crippen molar-refractivity contribution in [1.29, 1.82) is 0 Å². The predicted molar refractivity (Wildman–Crippen MR) is 197 cm³/mol. The van der Waals surface area contributed by atoms with E-state index in [-0.39, 0.29) is 23.5 Å². The topological polar surface area (TPSA) is 173 Å².